The summed E-state index contributed by atoms with van der Waals surface area (Å²) in [6.07, 6.45) is 1.39. The number of esters is 1. The number of halogens is 2. The van der Waals surface area contributed by atoms with E-state index >= 15 is 0 Å². The van der Waals surface area contributed by atoms with Gasteiger partial charge in [-0.05, 0) is 48.4 Å². The largest absolute Gasteiger partial charge is 0.481 e. The van der Waals surface area contributed by atoms with Gasteiger partial charge in [0, 0.05) is 35.2 Å². The molecule has 0 aliphatic carbocycles. The first-order valence-corrected chi connectivity index (χ1v) is 10.1. The van der Waals surface area contributed by atoms with Gasteiger partial charge < -0.3 is 9.47 Å². The van der Waals surface area contributed by atoms with Gasteiger partial charge in [-0.2, -0.15) is 0 Å². The summed E-state index contributed by atoms with van der Waals surface area (Å²) in [7, 11) is 1.49. The van der Waals surface area contributed by atoms with Crippen molar-refractivity contribution in [3.8, 4) is 5.88 Å². The van der Waals surface area contributed by atoms with Crippen LogP contribution in [0.5, 0.6) is 5.88 Å². The highest BCUT2D eigenvalue weighted by molar-refractivity contribution is 6.30. The van der Waals surface area contributed by atoms with Gasteiger partial charge in [0.1, 0.15) is 5.82 Å². The average molecular weight is 442 g/mol. The van der Waals surface area contributed by atoms with Crippen molar-refractivity contribution in [3.63, 3.8) is 0 Å². The molecule has 0 saturated carbocycles. The molecule has 5 nitrogen and oxygen atoms in total. The highest BCUT2D eigenvalue weighted by Crippen LogP contribution is 2.33. The Kier molecular flexibility index (Phi) is 7.36. The predicted octanol–water partition coefficient (Wildman–Crippen LogP) is 5.46. The lowest BCUT2D eigenvalue weighted by Gasteiger charge is -2.19. The first-order chi connectivity index (χ1) is 14.9. The summed E-state index contributed by atoms with van der Waals surface area (Å²) in [4.78, 5) is 29.2. The van der Waals surface area contributed by atoms with E-state index in [4.69, 9.17) is 21.1 Å². The lowest BCUT2D eigenvalue weighted by atomic mass is 9.85. The second kappa shape index (κ2) is 10.2. The molecule has 0 saturated heterocycles. The standard InChI is InChI=1S/C24H21ClFNO4/c1-3-31-24(29)16-6-4-5-15(11-16)20(19-9-8-18(25)12-21(19)26)13-22(28)17-7-10-23(30-2)27-14-17/h4-12,14,20H,3,13H2,1-2H3. The third-order valence-electron chi connectivity index (χ3n) is 4.80. The maximum absolute atomic E-state index is 14.8. The molecular formula is C24H21ClFNO4. The number of hydrogen-bond acceptors (Lipinski definition) is 5. The molecule has 0 spiro atoms. The van der Waals surface area contributed by atoms with Gasteiger partial charge in [0.05, 0.1) is 19.3 Å². The topological polar surface area (TPSA) is 65.5 Å². The van der Waals surface area contributed by atoms with Crippen LogP contribution in [-0.4, -0.2) is 30.5 Å². The number of Topliss-reactive ketones (excluding diaryl/α,β-unsaturated/α-hetero) is 1. The number of ether oxygens (including phenoxy) is 2. The summed E-state index contributed by atoms with van der Waals surface area (Å²) in [6, 6.07) is 14.2. The molecule has 2 aromatic carbocycles. The molecule has 0 bridgehead atoms. The number of hydrogen-bond donors (Lipinski definition) is 0. The number of rotatable bonds is 8. The molecule has 0 fully saturated rings. The Labute approximate surface area is 184 Å². The van der Waals surface area contributed by atoms with Crippen molar-refractivity contribution in [2.45, 2.75) is 19.3 Å². The molecule has 1 heterocycles. The molecule has 1 atom stereocenters. The Bertz CT molecular complexity index is 1090. The average Bonchev–Trinajstić information content (AvgIpc) is 2.78. The van der Waals surface area contributed by atoms with Gasteiger partial charge in [-0.15, -0.1) is 0 Å². The normalized spacial score (nSPS) is 11.6. The van der Waals surface area contributed by atoms with Gasteiger partial charge in [0.15, 0.2) is 5.78 Å². The highest BCUT2D eigenvalue weighted by Gasteiger charge is 2.24. The molecule has 1 unspecified atom stereocenters. The zero-order valence-corrected chi connectivity index (χ0v) is 17.9. The zero-order valence-electron chi connectivity index (χ0n) is 17.1. The van der Waals surface area contributed by atoms with Crippen molar-refractivity contribution in [1.29, 1.82) is 0 Å². The minimum absolute atomic E-state index is 0.0289. The molecule has 0 aliphatic rings. The van der Waals surface area contributed by atoms with E-state index in [9.17, 15) is 14.0 Å². The van der Waals surface area contributed by atoms with Crippen LogP contribution in [0.1, 0.15) is 51.1 Å². The summed E-state index contributed by atoms with van der Waals surface area (Å²) in [6.45, 7) is 1.95. The molecule has 0 amide bonds. The summed E-state index contributed by atoms with van der Waals surface area (Å²) in [5.74, 6) is -1.48. The molecule has 3 aromatic rings. The van der Waals surface area contributed by atoms with Crippen LogP contribution < -0.4 is 4.74 Å². The first-order valence-electron chi connectivity index (χ1n) is 9.68. The molecule has 160 valence electrons. The van der Waals surface area contributed by atoms with Gasteiger partial charge in [0.25, 0.3) is 0 Å². The third kappa shape index (κ3) is 5.47. The van der Waals surface area contributed by atoms with Gasteiger partial charge in [-0.25, -0.2) is 14.2 Å². The van der Waals surface area contributed by atoms with E-state index in [0.29, 0.717) is 28.1 Å². The molecule has 0 N–H and O–H groups in total. The van der Waals surface area contributed by atoms with Gasteiger partial charge in [0.2, 0.25) is 5.88 Å². The van der Waals surface area contributed by atoms with Crippen molar-refractivity contribution in [2.75, 3.05) is 13.7 Å². The van der Waals surface area contributed by atoms with E-state index in [1.807, 2.05) is 0 Å². The lowest BCUT2D eigenvalue weighted by molar-refractivity contribution is 0.0526. The monoisotopic (exact) mass is 441 g/mol. The Morgan fingerprint density at radius 3 is 2.55 bits per heavy atom. The van der Waals surface area contributed by atoms with Gasteiger partial charge in [-0.1, -0.05) is 29.8 Å². The van der Waals surface area contributed by atoms with E-state index in [1.54, 1.807) is 55.5 Å². The summed E-state index contributed by atoms with van der Waals surface area (Å²) < 4.78 is 24.9. The molecule has 31 heavy (non-hydrogen) atoms. The zero-order chi connectivity index (χ0) is 22.4. The number of carbonyl (C=O) groups excluding carboxylic acids is 2. The minimum Gasteiger partial charge on any atom is -0.481 e. The molecule has 3 rings (SSSR count). The predicted molar refractivity (Wildman–Crippen MR) is 115 cm³/mol. The Hall–Kier alpha value is -3.25. The quantitative estimate of drug-likeness (QED) is 0.343. The van der Waals surface area contributed by atoms with E-state index < -0.39 is 17.7 Å². The molecule has 7 heteroatoms. The van der Waals surface area contributed by atoms with Crippen LogP contribution in [0.25, 0.3) is 0 Å². The van der Waals surface area contributed by atoms with Crippen LogP contribution in [0.4, 0.5) is 4.39 Å². The number of ketones is 1. The molecule has 1 aromatic heterocycles. The Morgan fingerprint density at radius 2 is 1.90 bits per heavy atom. The first kappa shape index (κ1) is 22.4. The Morgan fingerprint density at radius 1 is 1.10 bits per heavy atom. The van der Waals surface area contributed by atoms with Crippen LogP contribution >= 0.6 is 11.6 Å². The number of benzene rings is 2. The van der Waals surface area contributed by atoms with Crippen LogP contribution in [-0.2, 0) is 4.74 Å². The summed E-state index contributed by atoms with van der Waals surface area (Å²) in [5, 5.41) is 0.256. The maximum Gasteiger partial charge on any atom is 0.338 e. The number of aromatic nitrogens is 1. The molecule has 0 radical (unpaired) electrons. The SMILES string of the molecule is CCOC(=O)c1cccc(C(CC(=O)c2ccc(OC)nc2)c2ccc(Cl)cc2F)c1. The van der Waals surface area contributed by atoms with E-state index in [2.05, 4.69) is 4.98 Å². The van der Waals surface area contributed by atoms with Crippen molar-refractivity contribution < 1.29 is 23.5 Å². The fourth-order valence-electron chi connectivity index (χ4n) is 3.26. The van der Waals surface area contributed by atoms with E-state index in [-0.39, 0.29) is 23.8 Å². The lowest BCUT2D eigenvalue weighted by Crippen LogP contribution is -2.12. The number of methoxy groups -OCH3 is 1. The van der Waals surface area contributed by atoms with E-state index in [0.717, 1.165) is 0 Å². The second-order valence-corrected chi connectivity index (χ2v) is 7.22. The Balaban J connectivity index is 2.00. The van der Waals surface area contributed by atoms with Gasteiger partial charge >= 0.3 is 5.97 Å². The molecule has 0 aliphatic heterocycles. The fraction of sp³-hybridized carbons (Fsp3) is 0.208. The third-order valence-corrected chi connectivity index (χ3v) is 5.03. The van der Waals surface area contributed by atoms with Crippen molar-refractivity contribution >= 4 is 23.4 Å². The fourth-order valence-corrected chi connectivity index (χ4v) is 3.42. The van der Waals surface area contributed by atoms with Gasteiger partial charge in [-0.3, -0.25) is 4.79 Å². The van der Waals surface area contributed by atoms with Crippen molar-refractivity contribution in [1.82, 2.24) is 4.98 Å². The summed E-state index contributed by atoms with van der Waals surface area (Å²) >= 11 is 5.91. The number of carbonyl (C=O) groups is 2. The van der Waals surface area contributed by atoms with Crippen molar-refractivity contribution in [3.05, 3.63) is 93.9 Å². The smallest absolute Gasteiger partial charge is 0.338 e. The van der Waals surface area contributed by atoms with Crippen LogP contribution in [0.15, 0.2) is 60.8 Å². The maximum atomic E-state index is 14.8. The molecular weight excluding hydrogens is 421 g/mol. The second-order valence-electron chi connectivity index (χ2n) is 6.78. The number of nitrogens with zero attached hydrogens (tertiary/aromatic N) is 1. The van der Waals surface area contributed by atoms with E-state index in [1.165, 1.54) is 19.4 Å². The van der Waals surface area contributed by atoms with Crippen molar-refractivity contribution in [2.24, 2.45) is 0 Å². The number of pyridine rings is 1. The van der Waals surface area contributed by atoms with Crippen LogP contribution in [0.2, 0.25) is 5.02 Å². The van der Waals surface area contributed by atoms with Crippen LogP contribution in [0, 0.1) is 5.82 Å². The minimum atomic E-state index is -0.638. The summed E-state index contributed by atoms with van der Waals surface area (Å²) in [5.41, 5.74) is 1.63. The van der Waals surface area contributed by atoms with Crippen LogP contribution in [0.3, 0.4) is 0 Å². The highest BCUT2D eigenvalue weighted by atomic mass is 35.5.